The smallest absolute Gasteiger partial charge is 0.262 e. The molecule has 0 aliphatic rings. The topological polar surface area (TPSA) is 68.5 Å². The molecule has 1 aromatic heterocycles. The number of para-hydroxylation sites is 1. The first kappa shape index (κ1) is 20.7. The van der Waals surface area contributed by atoms with Gasteiger partial charge in [0.25, 0.3) is 5.91 Å². The predicted molar refractivity (Wildman–Crippen MR) is 121 cm³/mol. The fraction of sp³-hybridized carbons (Fsp3) is 0.120. The molecule has 0 aliphatic heterocycles. The van der Waals surface area contributed by atoms with Crippen LogP contribution < -0.4 is 10.1 Å². The van der Waals surface area contributed by atoms with Crippen molar-refractivity contribution in [3.05, 3.63) is 94.2 Å². The van der Waals surface area contributed by atoms with Gasteiger partial charge in [-0.2, -0.15) is 0 Å². The number of furan rings is 1. The lowest BCUT2D eigenvalue weighted by molar-refractivity contribution is -0.118. The van der Waals surface area contributed by atoms with Crippen LogP contribution in [0.5, 0.6) is 5.75 Å². The summed E-state index contributed by atoms with van der Waals surface area (Å²) in [5.41, 5.74) is 3.20. The number of ether oxygens (including phenoxy) is 1. The Hall–Kier alpha value is -3.57. The van der Waals surface area contributed by atoms with Crippen LogP contribution in [0.15, 0.2) is 71.1 Å². The average molecular weight is 434 g/mol. The van der Waals surface area contributed by atoms with Gasteiger partial charge in [0.15, 0.2) is 12.4 Å². The zero-order chi connectivity index (χ0) is 22.0. The maximum atomic E-state index is 13.1. The van der Waals surface area contributed by atoms with Gasteiger partial charge < -0.3 is 14.5 Å². The van der Waals surface area contributed by atoms with E-state index in [2.05, 4.69) is 5.32 Å². The van der Waals surface area contributed by atoms with Gasteiger partial charge in [-0.3, -0.25) is 9.59 Å². The van der Waals surface area contributed by atoms with Gasteiger partial charge in [0, 0.05) is 16.0 Å². The molecule has 0 aliphatic carbocycles. The highest BCUT2D eigenvalue weighted by Gasteiger charge is 2.23. The van der Waals surface area contributed by atoms with Crippen LogP contribution in [0.2, 0.25) is 5.02 Å². The Morgan fingerprint density at radius 1 is 1.00 bits per heavy atom. The molecule has 0 bridgehead atoms. The molecule has 0 unspecified atom stereocenters. The van der Waals surface area contributed by atoms with E-state index in [-0.39, 0.29) is 18.2 Å². The average Bonchev–Trinajstić information content (AvgIpc) is 3.11. The van der Waals surface area contributed by atoms with Crippen LogP contribution >= 0.6 is 11.6 Å². The number of carbonyl (C=O) groups excluding carboxylic acids is 2. The van der Waals surface area contributed by atoms with E-state index >= 15 is 0 Å². The lowest BCUT2D eigenvalue weighted by Gasteiger charge is -2.10. The van der Waals surface area contributed by atoms with Gasteiger partial charge >= 0.3 is 0 Å². The summed E-state index contributed by atoms with van der Waals surface area (Å²) in [6, 6.07) is 19.5. The van der Waals surface area contributed by atoms with E-state index in [0.717, 1.165) is 11.1 Å². The standard InChI is InChI=1S/C25H20ClNO4/c1-15-7-9-17(10-8-15)24(29)25-23(19-5-3-4-6-21(19)31-25)27-22(28)14-30-20-12-11-18(26)13-16(20)2/h3-13H,14H2,1-2H3,(H,27,28). The summed E-state index contributed by atoms with van der Waals surface area (Å²) in [6.45, 7) is 3.57. The first-order valence-electron chi connectivity index (χ1n) is 9.74. The normalized spacial score (nSPS) is 10.8. The highest BCUT2D eigenvalue weighted by atomic mass is 35.5. The summed E-state index contributed by atoms with van der Waals surface area (Å²) in [5.74, 6) is -0.0616. The molecule has 0 saturated heterocycles. The molecule has 3 aromatic carbocycles. The number of anilines is 1. The van der Waals surface area contributed by atoms with Crippen LogP contribution in [0.1, 0.15) is 27.2 Å². The highest BCUT2D eigenvalue weighted by molar-refractivity contribution is 6.30. The van der Waals surface area contributed by atoms with Crippen molar-refractivity contribution in [3.63, 3.8) is 0 Å². The van der Waals surface area contributed by atoms with Gasteiger partial charge in [0.2, 0.25) is 5.78 Å². The number of carbonyl (C=O) groups is 2. The predicted octanol–water partition coefficient (Wildman–Crippen LogP) is 5.95. The Bertz CT molecular complexity index is 1270. The summed E-state index contributed by atoms with van der Waals surface area (Å²) < 4.78 is 11.4. The molecule has 0 saturated carbocycles. The summed E-state index contributed by atoms with van der Waals surface area (Å²) in [6.07, 6.45) is 0. The Labute approximate surface area is 184 Å². The van der Waals surface area contributed by atoms with Crippen molar-refractivity contribution in [3.8, 4) is 5.75 Å². The molecular weight excluding hydrogens is 414 g/mol. The molecule has 156 valence electrons. The minimum absolute atomic E-state index is 0.0843. The zero-order valence-electron chi connectivity index (χ0n) is 17.1. The van der Waals surface area contributed by atoms with E-state index < -0.39 is 5.91 Å². The van der Waals surface area contributed by atoms with Crippen molar-refractivity contribution in [2.45, 2.75) is 13.8 Å². The first-order chi connectivity index (χ1) is 14.9. The van der Waals surface area contributed by atoms with E-state index in [1.807, 2.05) is 38.1 Å². The zero-order valence-corrected chi connectivity index (χ0v) is 17.8. The number of aryl methyl sites for hydroxylation is 2. The second-order valence-corrected chi connectivity index (χ2v) is 7.68. The molecule has 1 N–H and O–H groups in total. The van der Waals surface area contributed by atoms with Crippen LogP contribution in [0.3, 0.4) is 0 Å². The van der Waals surface area contributed by atoms with E-state index in [1.54, 1.807) is 42.5 Å². The molecule has 0 radical (unpaired) electrons. The quantitative estimate of drug-likeness (QED) is 0.381. The number of hydrogen-bond donors (Lipinski definition) is 1. The number of amides is 1. The minimum atomic E-state index is -0.404. The van der Waals surface area contributed by atoms with Gasteiger partial charge in [0.1, 0.15) is 11.3 Å². The van der Waals surface area contributed by atoms with Gasteiger partial charge in [0.05, 0.1) is 5.69 Å². The van der Waals surface area contributed by atoms with Crippen molar-refractivity contribution in [1.29, 1.82) is 0 Å². The highest BCUT2D eigenvalue weighted by Crippen LogP contribution is 2.32. The van der Waals surface area contributed by atoms with E-state index in [0.29, 0.717) is 33.0 Å². The number of nitrogens with one attached hydrogen (secondary N) is 1. The Kier molecular flexibility index (Phi) is 5.78. The third-order valence-electron chi connectivity index (χ3n) is 4.88. The van der Waals surface area contributed by atoms with Crippen LogP contribution in [0.25, 0.3) is 11.0 Å². The van der Waals surface area contributed by atoms with Gasteiger partial charge in [-0.25, -0.2) is 0 Å². The van der Waals surface area contributed by atoms with Crippen molar-refractivity contribution in [2.24, 2.45) is 0 Å². The van der Waals surface area contributed by atoms with Gasteiger partial charge in [-0.15, -0.1) is 0 Å². The Balaban J connectivity index is 1.60. The maximum Gasteiger partial charge on any atom is 0.262 e. The number of halogens is 1. The van der Waals surface area contributed by atoms with Crippen molar-refractivity contribution >= 4 is 39.9 Å². The SMILES string of the molecule is Cc1ccc(C(=O)c2oc3ccccc3c2NC(=O)COc2ccc(Cl)cc2C)cc1. The molecule has 4 rings (SSSR count). The Morgan fingerprint density at radius 3 is 2.48 bits per heavy atom. The molecule has 4 aromatic rings. The van der Waals surface area contributed by atoms with Gasteiger partial charge in [-0.05, 0) is 49.7 Å². The third-order valence-corrected chi connectivity index (χ3v) is 5.11. The monoisotopic (exact) mass is 433 g/mol. The fourth-order valence-electron chi connectivity index (χ4n) is 3.26. The number of fused-ring (bicyclic) bond motifs is 1. The molecule has 1 heterocycles. The third kappa shape index (κ3) is 4.47. The number of rotatable bonds is 6. The largest absolute Gasteiger partial charge is 0.483 e. The molecule has 0 spiro atoms. The summed E-state index contributed by atoms with van der Waals surface area (Å²) >= 11 is 5.96. The van der Waals surface area contributed by atoms with E-state index in [9.17, 15) is 9.59 Å². The van der Waals surface area contributed by atoms with Crippen molar-refractivity contribution < 1.29 is 18.7 Å². The fourth-order valence-corrected chi connectivity index (χ4v) is 3.49. The summed E-state index contributed by atoms with van der Waals surface area (Å²) in [4.78, 5) is 25.7. The second kappa shape index (κ2) is 8.66. The maximum absolute atomic E-state index is 13.1. The first-order valence-corrected chi connectivity index (χ1v) is 10.1. The molecule has 0 atom stereocenters. The molecule has 5 nitrogen and oxygen atoms in total. The Morgan fingerprint density at radius 2 is 1.74 bits per heavy atom. The molecule has 0 fully saturated rings. The lowest BCUT2D eigenvalue weighted by atomic mass is 10.1. The summed E-state index contributed by atoms with van der Waals surface area (Å²) in [5, 5.41) is 4.04. The van der Waals surface area contributed by atoms with Crippen LogP contribution in [-0.4, -0.2) is 18.3 Å². The molecule has 1 amide bonds. The number of benzene rings is 3. The number of hydrogen-bond acceptors (Lipinski definition) is 4. The molecular formula is C25H20ClNO4. The van der Waals surface area contributed by atoms with Gasteiger partial charge in [-0.1, -0.05) is 53.6 Å². The van der Waals surface area contributed by atoms with Crippen molar-refractivity contribution in [1.82, 2.24) is 0 Å². The minimum Gasteiger partial charge on any atom is -0.483 e. The van der Waals surface area contributed by atoms with Crippen LogP contribution in [-0.2, 0) is 4.79 Å². The molecule has 31 heavy (non-hydrogen) atoms. The van der Waals surface area contributed by atoms with Crippen LogP contribution in [0, 0.1) is 13.8 Å². The second-order valence-electron chi connectivity index (χ2n) is 7.24. The van der Waals surface area contributed by atoms with E-state index in [4.69, 9.17) is 20.8 Å². The van der Waals surface area contributed by atoms with Crippen molar-refractivity contribution in [2.75, 3.05) is 11.9 Å². The van der Waals surface area contributed by atoms with E-state index in [1.165, 1.54) is 0 Å². The van der Waals surface area contributed by atoms with Crippen LogP contribution in [0.4, 0.5) is 5.69 Å². The number of ketones is 1. The summed E-state index contributed by atoms with van der Waals surface area (Å²) in [7, 11) is 0. The lowest BCUT2D eigenvalue weighted by Crippen LogP contribution is -2.21. The molecule has 6 heteroatoms.